The molecule has 0 aliphatic heterocycles. The molecule has 0 bridgehead atoms. The van der Waals surface area contributed by atoms with Gasteiger partial charge in [0.25, 0.3) is 0 Å². The Labute approximate surface area is 92.2 Å². The fourth-order valence-electron chi connectivity index (χ4n) is 1.15. The van der Waals surface area contributed by atoms with Gasteiger partial charge in [0.2, 0.25) is 0 Å². The Morgan fingerprint density at radius 1 is 1.47 bits per heavy atom. The first-order chi connectivity index (χ1) is 7.16. The highest BCUT2D eigenvalue weighted by Crippen LogP contribution is 2.28. The van der Waals surface area contributed by atoms with Crippen molar-refractivity contribution < 1.29 is 4.74 Å². The molecule has 1 aromatic carbocycles. The van der Waals surface area contributed by atoms with Crippen molar-refractivity contribution in [1.29, 1.82) is 0 Å². The summed E-state index contributed by atoms with van der Waals surface area (Å²) in [7, 11) is 1.84. The monoisotopic (exact) mass is 223 g/mol. The van der Waals surface area contributed by atoms with Gasteiger partial charge in [0.15, 0.2) is 5.75 Å². The lowest BCUT2D eigenvalue weighted by atomic mass is 10.3. The SMILES string of the molecule is Cn1ccnc1Oc1cc(Cl)ccc1N. The second-order valence-electron chi connectivity index (χ2n) is 3.10. The molecule has 2 N–H and O–H groups in total. The van der Waals surface area contributed by atoms with Crippen LogP contribution in [-0.4, -0.2) is 9.55 Å². The minimum atomic E-state index is 0.476. The average Bonchev–Trinajstić information content (AvgIpc) is 2.58. The molecular formula is C10H10ClN3O. The average molecular weight is 224 g/mol. The van der Waals surface area contributed by atoms with Crippen molar-refractivity contribution >= 4 is 17.3 Å². The van der Waals surface area contributed by atoms with E-state index in [-0.39, 0.29) is 0 Å². The Bertz CT molecular complexity index is 481. The highest BCUT2D eigenvalue weighted by molar-refractivity contribution is 6.30. The van der Waals surface area contributed by atoms with Crippen LogP contribution in [0, 0.1) is 0 Å². The molecule has 0 amide bonds. The molecule has 2 rings (SSSR count). The van der Waals surface area contributed by atoms with Crippen LogP contribution in [0.3, 0.4) is 0 Å². The van der Waals surface area contributed by atoms with E-state index in [1.807, 2.05) is 7.05 Å². The van der Waals surface area contributed by atoms with Crippen LogP contribution in [0.1, 0.15) is 0 Å². The van der Waals surface area contributed by atoms with Gasteiger partial charge in [-0.1, -0.05) is 11.6 Å². The van der Waals surface area contributed by atoms with E-state index in [1.54, 1.807) is 35.2 Å². The minimum Gasteiger partial charge on any atom is -0.423 e. The Hall–Kier alpha value is -1.68. The molecule has 1 aromatic heterocycles. The van der Waals surface area contributed by atoms with Crippen LogP contribution in [0.25, 0.3) is 0 Å². The first kappa shape index (κ1) is 9.86. The lowest BCUT2D eigenvalue weighted by molar-refractivity contribution is 0.427. The summed E-state index contributed by atoms with van der Waals surface area (Å²) < 4.78 is 7.25. The fraction of sp³-hybridized carbons (Fsp3) is 0.100. The molecule has 78 valence electrons. The van der Waals surface area contributed by atoms with E-state index in [0.29, 0.717) is 22.5 Å². The topological polar surface area (TPSA) is 53.1 Å². The van der Waals surface area contributed by atoms with Gasteiger partial charge >= 0.3 is 6.01 Å². The van der Waals surface area contributed by atoms with E-state index in [9.17, 15) is 0 Å². The number of nitrogen functional groups attached to an aromatic ring is 1. The molecule has 0 aliphatic rings. The normalized spacial score (nSPS) is 10.3. The maximum absolute atomic E-state index is 5.83. The molecule has 0 saturated carbocycles. The second kappa shape index (κ2) is 3.82. The third kappa shape index (κ3) is 2.05. The number of nitrogens with two attached hydrogens (primary N) is 1. The number of hydrogen-bond donors (Lipinski definition) is 1. The van der Waals surface area contributed by atoms with Crippen molar-refractivity contribution in [3.05, 3.63) is 35.6 Å². The summed E-state index contributed by atoms with van der Waals surface area (Å²) in [6, 6.07) is 5.54. The van der Waals surface area contributed by atoms with Crippen molar-refractivity contribution in [3.63, 3.8) is 0 Å². The van der Waals surface area contributed by atoms with Crippen molar-refractivity contribution in [2.24, 2.45) is 7.05 Å². The van der Waals surface area contributed by atoms with Gasteiger partial charge in [0, 0.05) is 30.5 Å². The summed E-state index contributed by atoms with van der Waals surface area (Å²) in [5.74, 6) is 0.511. The van der Waals surface area contributed by atoms with Crippen LogP contribution >= 0.6 is 11.6 Å². The highest BCUT2D eigenvalue weighted by atomic mass is 35.5. The quantitative estimate of drug-likeness (QED) is 0.796. The van der Waals surface area contributed by atoms with E-state index in [1.165, 1.54) is 0 Å². The third-order valence-corrected chi connectivity index (χ3v) is 2.19. The lowest BCUT2D eigenvalue weighted by Crippen LogP contribution is -1.96. The zero-order valence-electron chi connectivity index (χ0n) is 8.14. The predicted octanol–water partition coefficient (Wildman–Crippen LogP) is 2.45. The number of aromatic nitrogens is 2. The predicted molar refractivity (Wildman–Crippen MR) is 59.1 cm³/mol. The molecule has 0 spiro atoms. The van der Waals surface area contributed by atoms with E-state index >= 15 is 0 Å². The van der Waals surface area contributed by atoms with Gasteiger partial charge in [-0.05, 0) is 12.1 Å². The molecule has 0 unspecified atom stereocenters. The van der Waals surface area contributed by atoms with Gasteiger partial charge in [-0.15, -0.1) is 0 Å². The van der Waals surface area contributed by atoms with E-state index in [4.69, 9.17) is 22.1 Å². The molecule has 15 heavy (non-hydrogen) atoms. The van der Waals surface area contributed by atoms with Crippen LogP contribution < -0.4 is 10.5 Å². The van der Waals surface area contributed by atoms with Crippen LogP contribution in [0.4, 0.5) is 5.69 Å². The van der Waals surface area contributed by atoms with Gasteiger partial charge in [-0.3, -0.25) is 0 Å². The molecule has 0 atom stereocenters. The lowest BCUT2D eigenvalue weighted by Gasteiger charge is -2.07. The van der Waals surface area contributed by atoms with Crippen molar-refractivity contribution in [2.45, 2.75) is 0 Å². The van der Waals surface area contributed by atoms with Crippen molar-refractivity contribution in [2.75, 3.05) is 5.73 Å². The molecule has 0 saturated heterocycles. The summed E-state index contributed by atoms with van der Waals surface area (Å²) >= 11 is 5.83. The Morgan fingerprint density at radius 2 is 2.27 bits per heavy atom. The summed E-state index contributed by atoms with van der Waals surface area (Å²) in [4.78, 5) is 4.02. The Balaban J connectivity index is 2.32. The zero-order valence-corrected chi connectivity index (χ0v) is 8.90. The molecule has 0 radical (unpaired) electrons. The number of ether oxygens (including phenoxy) is 1. The molecule has 0 fully saturated rings. The Morgan fingerprint density at radius 3 is 2.93 bits per heavy atom. The Kier molecular flexibility index (Phi) is 2.51. The number of nitrogens with zero attached hydrogens (tertiary/aromatic N) is 2. The number of rotatable bonds is 2. The van der Waals surface area contributed by atoms with Gasteiger partial charge in [0.05, 0.1) is 5.69 Å². The smallest absolute Gasteiger partial charge is 0.301 e. The zero-order chi connectivity index (χ0) is 10.8. The summed E-state index contributed by atoms with van der Waals surface area (Å²) in [6.45, 7) is 0. The standard InChI is InChI=1S/C10H10ClN3O/c1-14-5-4-13-10(14)15-9-6-7(11)2-3-8(9)12/h2-6H,12H2,1H3. The second-order valence-corrected chi connectivity index (χ2v) is 3.54. The first-order valence-electron chi connectivity index (χ1n) is 4.37. The van der Waals surface area contributed by atoms with E-state index in [2.05, 4.69) is 4.98 Å². The fourth-order valence-corrected chi connectivity index (χ4v) is 1.31. The largest absolute Gasteiger partial charge is 0.423 e. The molecular weight excluding hydrogens is 214 g/mol. The number of benzene rings is 1. The molecule has 2 aromatic rings. The van der Waals surface area contributed by atoms with Gasteiger partial charge < -0.3 is 15.0 Å². The summed E-state index contributed by atoms with van der Waals surface area (Å²) in [6.07, 6.45) is 3.44. The third-order valence-electron chi connectivity index (χ3n) is 1.95. The summed E-state index contributed by atoms with van der Waals surface area (Å²) in [5, 5.41) is 0.577. The van der Waals surface area contributed by atoms with Crippen molar-refractivity contribution in [1.82, 2.24) is 9.55 Å². The number of anilines is 1. The number of hydrogen-bond acceptors (Lipinski definition) is 3. The molecule has 5 heteroatoms. The summed E-state index contributed by atoms with van der Waals surface area (Å²) in [5.41, 5.74) is 6.27. The highest BCUT2D eigenvalue weighted by Gasteiger charge is 2.06. The molecule has 1 heterocycles. The van der Waals surface area contributed by atoms with Crippen LogP contribution in [0.15, 0.2) is 30.6 Å². The van der Waals surface area contributed by atoms with Crippen LogP contribution in [0.2, 0.25) is 5.02 Å². The number of aryl methyl sites for hydroxylation is 1. The molecule has 4 nitrogen and oxygen atoms in total. The van der Waals surface area contributed by atoms with Crippen LogP contribution in [0.5, 0.6) is 11.8 Å². The number of halogens is 1. The van der Waals surface area contributed by atoms with Gasteiger partial charge in [-0.2, -0.15) is 0 Å². The van der Waals surface area contributed by atoms with Crippen molar-refractivity contribution in [3.8, 4) is 11.8 Å². The van der Waals surface area contributed by atoms with E-state index in [0.717, 1.165) is 0 Å². The minimum absolute atomic E-state index is 0.476. The number of imidazole rings is 1. The van der Waals surface area contributed by atoms with Crippen LogP contribution in [-0.2, 0) is 7.05 Å². The maximum atomic E-state index is 5.83. The first-order valence-corrected chi connectivity index (χ1v) is 4.75. The molecule has 0 aliphatic carbocycles. The van der Waals surface area contributed by atoms with E-state index < -0.39 is 0 Å². The van der Waals surface area contributed by atoms with Gasteiger partial charge in [0.1, 0.15) is 0 Å². The maximum Gasteiger partial charge on any atom is 0.301 e. The van der Waals surface area contributed by atoms with Gasteiger partial charge in [-0.25, -0.2) is 4.98 Å².